The van der Waals surface area contributed by atoms with Crippen LogP contribution in [0.3, 0.4) is 0 Å². The molecule has 0 bridgehead atoms. The van der Waals surface area contributed by atoms with E-state index in [-0.39, 0.29) is 16.6 Å². The molecular weight excluding hydrogens is 644 g/mol. The number of sulfonamides is 1. The summed E-state index contributed by atoms with van der Waals surface area (Å²) in [5, 5.41) is 2.51. The molecule has 2 aliphatic rings. The number of carbonyl (C=O) groups excluding carboxylic acids is 2. The van der Waals surface area contributed by atoms with Crippen molar-refractivity contribution >= 4 is 27.6 Å². The average Bonchev–Trinajstić information content (AvgIpc) is 3.08. The van der Waals surface area contributed by atoms with E-state index in [1.165, 1.54) is 4.31 Å². The van der Waals surface area contributed by atoms with E-state index in [1.807, 2.05) is 31.2 Å². The van der Waals surface area contributed by atoms with Crippen molar-refractivity contribution in [2.45, 2.75) is 50.1 Å². The number of piperidine rings is 1. The summed E-state index contributed by atoms with van der Waals surface area (Å²) in [4.78, 5) is 29.0. The van der Waals surface area contributed by atoms with Gasteiger partial charge in [-0.05, 0) is 67.3 Å². The van der Waals surface area contributed by atoms with Crippen LogP contribution in [0.4, 0.5) is 19.3 Å². The van der Waals surface area contributed by atoms with E-state index in [1.54, 1.807) is 29.2 Å². The monoisotopic (exact) mass is 685 g/mol. The minimum Gasteiger partial charge on any atom is -0.457 e. The Morgan fingerprint density at radius 1 is 0.958 bits per heavy atom. The summed E-state index contributed by atoms with van der Waals surface area (Å²) >= 11 is 0. The van der Waals surface area contributed by atoms with Crippen molar-refractivity contribution in [3.05, 3.63) is 83.4 Å². The van der Waals surface area contributed by atoms with Gasteiger partial charge in [0.25, 0.3) is 5.91 Å². The first kappa shape index (κ1) is 35.2. The topological polar surface area (TPSA) is 135 Å². The number of carbonyl (C=O) groups is 2. The number of hydrogen-bond acceptors (Lipinski definition) is 7. The first-order valence-corrected chi connectivity index (χ1v) is 17.5. The number of anilines is 1. The third kappa shape index (κ3) is 8.67. The van der Waals surface area contributed by atoms with Crippen LogP contribution in [0.15, 0.2) is 65.6 Å². The second-order valence-corrected chi connectivity index (χ2v) is 13.8. The fourth-order valence-electron chi connectivity index (χ4n) is 5.86. The fraction of sp³-hybridized carbons (Fsp3) is 0.412. The Kier molecular flexibility index (Phi) is 11.6. The Bertz CT molecular complexity index is 1680. The third-order valence-electron chi connectivity index (χ3n) is 8.57. The Labute approximate surface area is 279 Å². The lowest BCUT2D eigenvalue weighted by molar-refractivity contribution is 0.0730. The molecule has 11 nitrogen and oxygen atoms in total. The lowest BCUT2D eigenvalue weighted by atomic mass is 10.0. The number of morpholine rings is 1. The van der Waals surface area contributed by atoms with Crippen molar-refractivity contribution in [3.63, 3.8) is 0 Å². The predicted molar refractivity (Wildman–Crippen MR) is 176 cm³/mol. The van der Waals surface area contributed by atoms with Crippen LogP contribution >= 0.6 is 0 Å². The first-order valence-electron chi connectivity index (χ1n) is 16.1. The molecule has 0 aliphatic carbocycles. The maximum absolute atomic E-state index is 14.5. The molecular formula is C34H41F2N5O6S. The molecule has 0 saturated carbocycles. The van der Waals surface area contributed by atoms with Gasteiger partial charge >= 0.3 is 6.03 Å². The predicted octanol–water partition coefficient (Wildman–Crippen LogP) is 5.18. The van der Waals surface area contributed by atoms with Crippen LogP contribution in [-0.4, -0.2) is 86.4 Å². The number of nitrogens with zero attached hydrogens (tertiary/aromatic N) is 3. The highest BCUT2D eigenvalue weighted by Crippen LogP contribution is 2.27. The normalized spacial score (nSPS) is 16.4. The van der Waals surface area contributed by atoms with Gasteiger partial charge in [-0.3, -0.25) is 9.69 Å². The SMILES string of the molecule is CCCCN(C(=O)Nc1cc(C(N)=O)c(F)cc1F)C1CCN(Cc2ccc(Oc3ccc(S(=O)(=O)N4CCOCC4)cc3)cc2)CC1. The molecule has 3 aromatic rings. The number of rotatable bonds is 12. The highest BCUT2D eigenvalue weighted by molar-refractivity contribution is 7.89. The highest BCUT2D eigenvalue weighted by atomic mass is 32.2. The fourth-order valence-corrected chi connectivity index (χ4v) is 7.27. The highest BCUT2D eigenvalue weighted by Gasteiger charge is 2.29. The van der Waals surface area contributed by atoms with Gasteiger partial charge in [-0.25, -0.2) is 22.0 Å². The van der Waals surface area contributed by atoms with Gasteiger partial charge in [-0.15, -0.1) is 0 Å². The van der Waals surface area contributed by atoms with Gasteiger partial charge < -0.3 is 25.4 Å². The van der Waals surface area contributed by atoms with Crippen molar-refractivity contribution in [2.24, 2.45) is 5.73 Å². The zero-order valence-corrected chi connectivity index (χ0v) is 27.7. The zero-order valence-electron chi connectivity index (χ0n) is 26.9. The number of nitrogens with two attached hydrogens (primary N) is 1. The molecule has 3 N–H and O–H groups in total. The molecule has 0 spiro atoms. The molecule has 2 aliphatic heterocycles. The summed E-state index contributed by atoms with van der Waals surface area (Å²) in [6.45, 7) is 6.14. The third-order valence-corrected chi connectivity index (χ3v) is 10.5. The van der Waals surface area contributed by atoms with Crippen LogP contribution in [0, 0.1) is 11.6 Å². The molecule has 0 radical (unpaired) electrons. The second-order valence-electron chi connectivity index (χ2n) is 11.9. The van der Waals surface area contributed by atoms with E-state index in [4.69, 9.17) is 15.2 Å². The van der Waals surface area contributed by atoms with E-state index in [2.05, 4.69) is 10.2 Å². The minimum absolute atomic E-state index is 0.0714. The van der Waals surface area contributed by atoms with Crippen LogP contribution < -0.4 is 15.8 Å². The summed E-state index contributed by atoms with van der Waals surface area (Å²) < 4.78 is 66.8. The number of likely N-dealkylation sites (tertiary alicyclic amines) is 1. The van der Waals surface area contributed by atoms with Gasteiger partial charge in [0, 0.05) is 51.4 Å². The second kappa shape index (κ2) is 15.9. The molecule has 0 unspecified atom stereocenters. The molecule has 2 saturated heterocycles. The number of urea groups is 1. The van der Waals surface area contributed by atoms with Crippen molar-refractivity contribution in [2.75, 3.05) is 51.3 Å². The standard InChI is InChI=1S/C34H41F2N5O6S/c1-2-3-14-41(34(43)38-32-21-29(33(37)42)30(35)22-31(32)36)25-12-15-39(16-13-25)23-24-4-6-26(7-5-24)47-27-8-10-28(11-9-27)48(44,45)40-17-19-46-20-18-40/h4-11,21-22,25H,2-3,12-20,23H2,1H3,(H2,37,42)(H,38,43). The summed E-state index contributed by atoms with van der Waals surface area (Å²) in [6, 6.07) is 15.0. The smallest absolute Gasteiger partial charge is 0.322 e. The van der Waals surface area contributed by atoms with Crippen LogP contribution in [0.25, 0.3) is 0 Å². The number of unbranched alkanes of at least 4 members (excludes halogenated alkanes) is 1. The molecule has 48 heavy (non-hydrogen) atoms. The van der Waals surface area contributed by atoms with Crippen molar-refractivity contribution < 1.29 is 36.3 Å². The Morgan fingerprint density at radius 2 is 1.58 bits per heavy atom. The van der Waals surface area contributed by atoms with E-state index in [9.17, 15) is 26.8 Å². The molecule has 258 valence electrons. The summed E-state index contributed by atoms with van der Waals surface area (Å²) in [5.41, 5.74) is 5.49. The van der Waals surface area contributed by atoms with Gasteiger partial charge in [0.15, 0.2) is 0 Å². The quantitative estimate of drug-likeness (QED) is 0.269. The number of halogens is 2. The van der Waals surface area contributed by atoms with E-state index < -0.39 is 39.2 Å². The number of ether oxygens (including phenoxy) is 2. The number of nitrogens with one attached hydrogen (secondary N) is 1. The van der Waals surface area contributed by atoms with Gasteiger partial charge in [-0.1, -0.05) is 25.5 Å². The molecule has 0 aromatic heterocycles. The molecule has 2 fully saturated rings. The Hall–Kier alpha value is -4.11. The maximum atomic E-state index is 14.5. The van der Waals surface area contributed by atoms with Gasteiger partial charge in [0.05, 0.1) is 29.4 Å². The summed E-state index contributed by atoms with van der Waals surface area (Å²) in [5.74, 6) is -1.97. The number of hydrogen-bond donors (Lipinski definition) is 2. The van der Waals surface area contributed by atoms with Gasteiger partial charge in [-0.2, -0.15) is 4.31 Å². The van der Waals surface area contributed by atoms with E-state index in [0.717, 1.165) is 37.6 Å². The van der Waals surface area contributed by atoms with Gasteiger partial charge in [0.1, 0.15) is 23.1 Å². The Balaban J connectivity index is 1.13. The van der Waals surface area contributed by atoms with Crippen molar-refractivity contribution in [3.8, 4) is 11.5 Å². The number of primary amides is 1. The molecule has 3 aromatic carbocycles. The lowest BCUT2D eigenvalue weighted by Gasteiger charge is -2.38. The number of benzene rings is 3. The molecule has 3 amide bonds. The average molecular weight is 686 g/mol. The summed E-state index contributed by atoms with van der Waals surface area (Å²) in [7, 11) is -3.58. The van der Waals surface area contributed by atoms with Crippen molar-refractivity contribution in [1.82, 2.24) is 14.1 Å². The minimum atomic E-state index is -3.58. The van der Waals surface area contributed by atoms with E-state index in [0.29, 0.717) is 69.8 Å². The lowest BCUT2D eigenvalue weighted by Crippen LogP contribution is -2.49. The Morgan fingerprint density at radius 3 is 2.19 bits per heavy atom. The zero-order chi connectivity index (χ0) is 34.3. The van der Waals surface area contributed by atoms with Crippen LogP contribution in [0.1, 0.15) is 48.5 Å². The first-order chi connectivity index (χ1) is 23.0. The molecule has 14 heteroatoms. The van der Waals surface area contributed by atoms with Crippen molar-refractivity contribution in [1.29, 1.82) is 0 Å². The maximum Gasteiger partial charge on any atom is 0.322 e. The molecule has 5 rings (SSSR count). The van der Waals surface area contributed by atoms with E-state index >= 15 is 0 Å². The molecule has 0 atom stereocenters. The number of amides is 3. The molecule has 2 heterocycles. The van der Waals surface area contributed by atoms with Crippen LogP contribution in [0.5, 0.6) is 11.5 Å². The van der Waals surface area contributed by atoms with Gasteiger partial charge in [0.2, 0.25) is 10.0 Å². The largest absolute Gasteiger partial charge is 0.457 e. The van der Waals surface area contributed by atoms with Crippen LogP contribution in [-0.2, 0) is 21.3 Å². The summed E-state index contributed by atoms with van der Waals surface area (Å²) in [6.07, 6.45) is 3.06. The van der Waals surface area contributed by atoms with Crippen LogP contribution in [0.2, 0.25) is 0 Å².